The lowest BCUT2D eigenvalue weighted by atomic mass is 9.55. The van der Waals surface area contributed by atoms with Crippen LogP contribution in [-0.4, -0.2) is 43.5 Å². The molecule has 3 atom stereocenters. The molecule has 3 rings (SSSR count). The molecule has 1 aromatic carbocycles. The molecule has 1 aliphatic heterocycles. The van der Waals surface area contributed by atoms with Gasteiger partial charge in [0.2, 0.25) is 5.41 Å². The Morgan fingerprint density at radius 2 is 1.93 bits per heavy atom. The molecule has 1 amide bonds. The number of methoxy groups -OCH3 is 1. The van der Waals surface area contributed by atoms with Gasteiger partial charge in [-0.25, -0.2) is 4.79 Å². The van der Waals surface area contributed by atoms with Crippen molar-refractivity contribution in [1.82, 2.24) is 4.90 Å². The molecule has 0 bridgehead atoms. The number of nitrogens with zero attached hydrogens (tertiary/aromatic N) is 4. The third kappa shape index (κ3) is 3.15. The topological polar surface area (TPSA) is 134 Å². The van der Waals surface area contributed by atoms with E-state index in [0.717, 1.165) is 5.56 Å². The molecule has 1 saturated carbocycles. The van der Waals surface area contributed by atoms with Gasteiger partial charge in [0.25, 0.3) is 0 Å². The number of ether oxygens (including phenoxy) is 2. The van der Waals surface area contributed by atoms with Gasteiger partial charge in [0, 0.05) is 24.9 Å². The zero-order chi connectivity index (χ0) is 21.9. The van der Waals surface area contributed by atoms with Gasteiger partial charge in [-0.1, -0.05) is 18.2 Å². The van der Waals surface area contributed by atoms with Crippen LogP contribution in [0.15, 0.2) is 35.9 Å². The molecule has 1 aliphatic carbocycles. The van der Waals surface area contributed by atoms with Crippen molar-refractivity contribution >= 4 is 11.8 Å². The lowest BCUT2D eigenvalue weighted by Crippen LogP contribution is -2.53. The van der Waals surface area contributed by atoms with Crippen molar-refractivity contribution in [2.75, 3.05) is 26.8 Å². The van der Waals surface area contributed by atoms with Crippen molar-refractivity contribution in [2.24, 2.45) is 17.3 Å². The Morgan fingerprint density at radius 1 is 1.27 bits per heavy atom. The van der Waals surface area contributed by atoms with Crippen LogP contribution in [0.2, 0.25) is 0 Å². The van der Waals surface area contributed by atoms with Crippen molar-refractivity contribution in [3.8, 4) is 24.0 Å². The highest BCUT2D eigenvalue weighted by Gasteiger charge is 2.56. The lowest BCUT2D eigenvalue weighted by Gasteiger charge is -2.47. The van der Waals surface area contributed by atoms with E-state index in [-0.39, 0.29) is 25.4 Å². The van der Waals surface area contributed by atoms with Gasteiger partial charge >= 0.3 is 6.09 Å². The number of carbonyl (C=O) groups excluding carboxylic acids is 1. The molecule has 1 fully saturated rings. The van der Waals surface area contributed by atoms with E-state index >= 15 is 0 Å². The summed E-state index contributed by atoms with van der Waals surface area (Å²) in [5.74, 6) is -1.31. The predicted octanol–water partition coefficient (Wildman–Crippen LogP) is 3.00. The van der Waals surface area contributed by atoms with E-state index in [1.165, 1.54) is 4.90 Å². The van der Waals surface area contributed by atoms with E-state index in [1.54, 1.807) is 32.2 Å². The maximum absolute atomic E-state index is 12.3. The minimum atomic E-state index is -1.81. The molecule has 0 unspecified atom stereocenters. The molecule has 0 saturated heterocycles. The van der Waals surface area contributed by atoms with Gasteiger partial charge in [0.1, 0.15) is 5.75 Å². The summed E-state index contributed by atoms with van der Waals surface area (Å²) in [5, 5.41) is 38.2. The van der Waals surface area contributed by atoms with Crippen LogP contribution in [0.25, 0.3) is 0 Å². The van der Waals surface area contributed by atoms with Crippen LogP contribution in [0.1, 0.15) is 18.4 Å². The Kier molecular flexibility index (Phi) is 5.76. The number of benzene rings is 1. The smallest absolute Gasteiger partial charge is 0.410 e. The molecule has 8 nitrogen and oxygen atoms in total. The summed E-state index contributed by atoms with van der Waals surface area (Å²) >= 11 is 0. The van der Waals surface area contributed by atoms with E-state index in [4.69, 9.17) is 14.9 Å². The second-order valence-corrected chi connectivity index (χ2v) is 7.16. The predicted molar refractivity (Wildman–Crippen MR) is 106 cm³/mol. The van der Waals surface area contributed by atoms with Crippen LogP contribution in [0.4, 0.5) is 4.79 Å². The van der Waals surface area contributed by atoms with Gasteiger partial charge in [-0.2, -0.15) is 15.8 Å². The molecule has 1 aromatic rings. The molecule has 2 aliphatic rings. The Labute approximate surface area is 175 Å². The molecular formula is C22H21N5O3. The van der Waals surface area contributed by atoms with Crippen LogP contribution in [0.5, 0.6) is 5.75 Å². The normalized spacial score (nSPS) is 24.4. The number of nitrogens with one attached hydrogen (secondary N) is 1. The van der Waals surface area contributed by atoms with Crippen LogP contribution in [0, 0.1) is 56.7 Å². The molecule has 30 heavy (non-hydrogen) atoms. The number of amides is 1. The first kappa shape index (κ1) is 20.9. The summed E-state index contributed by atoms with van der Waals surface area (Å²) in [6.45, 7) is 2.31. The second kappa shape index (κ2) is 8.27. The highest BCUT2D eigenvalue weighted by molar-refractivity contribution is 6.01. The quantitative estimate of drug-likeness (QED) is 0.771. The van der Waals surface area contributed by atoms with Gasteiger partial charge < -0.3 is 19.8 Å². The van der Waals surface area contributed by atoms with Crippen molar-refractivity contribution in [3.05, 3.63) is 41.5 Å². The van der Waals surface area contributed by atoms with Gasteiger partial charge in [-0.05, 0) is 30.2 Å². The second-order valence-electron chi connectivity index (χ2n) is 7.16. The Hall–Kier alpha value is -3.83. The molecule has 152 valence electrons. The Morgan fingerprint density at radius 3 is 2.47 bits per heavy atom. The summed E-state index contributed by atoms with van der Waals surface area (Å²) in [5.41, 5.74) is -0.777. The minimum Gasteiger partial charge on any atom is -0.497 e. The van der Waals surface area contributed by atoms with E-state index < -0.39 is 29.3 Å². The van der Waals surface area contributed by atoms with Gasteiger partial charge in [-0.15, -0.1) is 0 Å². The molecular weight excluding hydrogens is 382 g/mol. The summed E-state index contributed by atoms with van der Waals surface area (Å²) in [6, 6.07) is 13.2. The zero-order valence-electron chi connectivity index (χ0n) is 16.8. The largest absolute Gasteiger partial charge is 0.497 e. The maximum atomic E-state index is 12.3. The third-order valence-electron chi connectivity index (χ3n) is 5.79. The number of hydrogen-bond donors (Lipinski definition) is 1. The first-order chi connectivity index (χ1) is 14.5. The average molecular weight is 403 g/mol. The molecule has 0 radical (unpaired) electrons. The summed E-state index contributed by atoms with van der Waals surface area (Å²) in [7, 11) is 1.55. The Balaban J connectivity index is 2.15. The fraction of sp³-hybridized carbons (Fsp3) is 0.409. The van der Waals surface area contributed by atoms with Crippen molar-refractivity contribution < 1.29 is 14.3 Å². The fourth-order valence-corrected chi connectivity index (χ4v) is 4.34. The molecule has 1 N–H and O–H groups in total. The molecule has 0 spiro atoms. The first-order valence-electron chi connectivity index (χ1n) is 9.54. The van der Waals surface area contributed by atoms with Crippen molar-refractivity contribution in [3.63, 3.8) is 0 Å². The average Bonchev–Trinajstić information content (AvgIpc) is 2.78. The van der Waals surface area contributed by atoms with Gasteiger partial charge in [0.15, 0.2) is 0 Å². The maximum Gasteiger partial charge on any atom is 0.410 e. The van der Waals surface area contributed by atoms with Crippen LogP contribution in [0.3, 0.4) is 0 Å². The van der Waals surface area contributed by atoms with Crippen LogP contribution in [-0.2, 0) is 4.74 Å². The number of carbonyl (C=O) groups is 1. The fourth-order valence-electron chi connectivity index (χ4n) is 4.34. The minimum absolute atomic E-state index is 0.176. The van der Waals surface area contributed by atoms with Crippen molar-refractivity contribution in [1.29, 1.82) is 21.2 Å². The third-order valence-corrected chi connectivity index (χ3v) is 5.79. The van der Waals surface area contributed by atoms with Gasteiger partial charge in [0.05, 0.1) is 43.6 Å². The zero-order valence-corrected chi connectivity index (χ0v) is 16.8. The van der Waals surface area contributed by atoms with Crippen molar-refractivity contribution in [2.45, 2.75) is 12.8 Å². The SMILES string of the molecule is CCOC(=O)N1CC=C2[C@@H](C1)[C@@H](c1ccc(OC)cc1)[C@@H](C#N)C(=N)C2(C#N)C#N. The molecule has 1 heterocycles. The Bertz CT molecular complexity index is 995. The number of hydrogen-bond acceptors (Lipinski definition) is 7. The first-order valence-corrected chi connectivity index (χ1v) is 9.54. The molecule has 0 aromatic heterocycles. The highest BCUT2D eigenvalue weighted by Crippen LogP contribution is 2.52. The number of nitriles is 3. The van der Waals surface area contributed by atoms with E-state index in [1.807, 2.05) is 24.3 Å². The van der Waals surface area contributed by atoms with Gasteiger partial charge in [-0.3, -0.25) is 0 Å². The monoisotopic (exact) mass is 403 g/mol. The van der Waals surface area contributed by atoms with E-state index in [0.29, 0.717) is 11.3 Å². The van der Waals surface area contributed by atoms with Crippen LogP contribution < -0.4 is 4.74 Å². The van der Waals surface area contributed by atoms with Crippen LogP contribution >= 0.6 is 0 Å². The van der Waals surface area contributed by atoms with E-state index in [2.05, 4.69) is 6.07 Å². The molecule has 8 heteroatoms. The lowest BCUT2D eigenvalue weighted by molar-refractivity contribution is 0.0998. The summed E-state index contributed by atoms with van der Waals surface area (Å²) in [6.07, 6.45) is 1.17. The summed E-state index contributed by atoms with van der Waals surface area (Å²) < 4.78 is 10.3. The standard InChI is InChI=1S/C22H21N5O3/c1-3-30-21(28)27-9-8-18-17(11-27)19(14-4-6-15(29-2)7-5-14)16(10-23)20(26)22(18,12-24)13-25/h4-8,16-17,19,26H,3,9,11H2,1-2H3/t16-,17-,19+/m1/s1. The van der Waals surface area contributed by atoms with E-state index in [9.17, 15) is 20.6 Å². The highest BCUT2D eigenvalue weighted by atomic mass is 16.6. The number of fused-ring (bicyclic) bond motifs is 1. The number of rotatable bonds is 3. The summed E-state index contributed by atoms with van der Waals surface area (Å²) in [4.78, 5) is 13.8.